The van der Waals surface area contributed by atoms with E-state index >= 15 is 0 Å². The minimum atomic E-state index is -4.95. The van der Waals surface area contributed by atoms with Crippen LogP contribution in [0.4, 0.5) is 18.9 Å². The third kappa shape index (κ3) is 4.62. The van der Waals surface area contributed by atoms with Crippen LogP contribution in [0, 0.1) is 5.92 Å². The molecular formula is C20H20F3N3O2S. The van der Waals surface area contributed by atoms with Crippen LogP contribution < -0.4 is 10.6 Å². The van der Waals surface area contributed by atoms with Gasteiger partial charge in [0, 0.05) is 29.7 Å². The van der Waals surface area contributed by atoms with Gasteiger partial charge < -0.3 is 15.5 Å². The van der Waals surface area contributed by atoms with Crippen molar-refractivity contribution in [1.82, 2.24) is 10.2 Å². The Morgan fingerprint density at radius 1 is 1.14 bits per heavy atom. The van der Waals surface area contributed by atoms with Gasteiger partial charge in [-0.3, -0.25) is 9.59 Å². The molecule has 2 aliphatic heterocycles. The average molecular weight is 423 g/mol. The van der Waals surface area contributed by atoms with Crippen LogP contribution in [-0.2, 0) is 4.79 Å². The van der Waals surface area contributed by atoms with E-state index in [2.05, 4.69) is 10.2 Å². The molecule has 3 heterocycles. The number of carbonyl (C=O) groups excluding carboxylic acids is 2. The Morgan fingerprint density at radius 2 is 1.97 bits per heavy atom. The fraction of sp³-hybridized carbons (Fsp3) is 0.400. The van der Waals surface area contributed by atoms with Crippen molar-refractivity contribution in [2.75, 3.05) is 25.0 Å². The summed E-state index contributed by atoms with van der Waals surface area (Å²) in [7, 11) is 0. The Balaban J connectivity index is 1.43. The van der Waals surface area contributed by atoms with E-state index in [0.29, 0.717) is 16.4 Å². The Morgan fingerprint density at radius 3 is 2.72 bits per heavy atom. The molecular weight excluding hydrogens is 403 g/mol. The van der Waals surface area contributed by atoms with Gasteiger partial charge in [-0.15, -0.1) is 11.3 Å². The van der Waals surface area contributed by atoms with Crippen molar-refractivity contribution >= 4 is 28.8 Å². The number of carbonyl (C=O) groups is 2. The maximum Gasteiger partial charge on any atom is 0.471 e. The van der Waals surface area contributed by atoms with Crippen LogP contribution in [-0.4, -0.2) is 48.6 Å². The quantitative estimate of drug-likeness (QED) is 0.788. The number of nitrogens with zero attached hydrogens (tertiary/aromatic N) is 1. The second kappa shape index (κ2) is 7.79. The first-order valence-corrected chi connectivity index (χ1v) is 10.2. The topological polar surface area (TPSA) is 61.4 Å². The van der Waals surface area contributed by atoms with E-state index in [1.807, 2.05) is 5.32 Å². The lowest BCUT2D eigenvalue weighted by atomic mass is 9.97. The molecule has 2 fully saturated rings. The smallest absolute Gasteiger partial charge is 0.347 e. The first-order valence-electron chi connectivity index (χ1n) is 9.39. The summed E-state index contributed by atoms with van der Waals surface area (Å²) in [4.78, 5) is 27.4. The number of anilines is 1. The molecule has 154 valence electrons. The molecule has 1 aromatic heterocycles. The molecule has 1 unspecified atom stereocenters. The lowest BCUT2D eigenvalue weighted by Gasteiger charge is -2.30. The van der Waals surface area contributed by atoms with Gasteiger partial charge in [-0.25, -0.2) is 0 Å². The number of piperidine rings is 1. The summed E-state index contributed by atoms with van der Waals surface area (Å²) >= 11 is 1.27. The monoisotopic (exact) mass is 423 g/mol. The van der Waals surface area contributed by atoms with Crippen LogP contribution in [0.25, 0.3) is 10.4 Å². The van der Waals surface area contributed by atoms with Crippen LogP contribution in [0.3, 0.4) is 0 Å². The molecule has 0 radical (unpaired) electrons. The number of rotatable bonds is 4. The van der Waals surface area contributed by atoms with Crippen molar-refractivity contribution in [2.24, 2.45) is 5.92 Å². The van der Waals surface area contributed by atoms with Gasteiger partial charge in [0.05, 0.1) is 4.88 Å². The largest absolute Gasteiger partial charge is 0.471 e. The Kier molecular flexibility index (Phi) is 5.35. The number of hydrogen-bond acceptors (Lipinski definition) is 4. The number of amides is 2. The molecule has 0 spiro atoms. The summed E-state index contributed by atoms with van der Waals surface area (Å²) in [5, 5.41) is 4.95. The Hall–Kier alpha value is -2.39. The van der Waals surface area contributed by atoms with Crippen LogP contribution in [0.5, 0.6) is 0 Å². The lowest BCUT2D eigenvalue weighted by molar-refractivity contribution is -0.167. The number of halogens is 3. The summed E-state index contributed by atoms with van der Waals surface area (Å²) in [6.07, 6.45) is -2.75. The van der Waals surface area contributed by atoms with Crippen molar-refractivity contribution in [3.8, 4) is 10.4 Å². The predicted molar refractivity (Wildman–Crippen MR) is 105 cm³/mol. The van der Waals surface area contributed by atoms with E-state index in [1.54, 1.807) is 24.3 Å². The van der Waals surface area contributed by atoms with E-state index < -0.39 is 12.1 Å². The first kappa shape index (κ1) is 19.9. The summed E-state index contributed by atoms with van der Waals surface area (Å²) in [5.74, 6) is -1.49. The molecule has 4 rings (SSSR count). The molecule has 2 aromatic rings. The highest BCUT2D eigenvalue weighted by atomic mass is 32.1. The number of hydrogen-bond donors (Lipinski definition) is 2. The van der Waals surface area contributed by atoms with E-state index in [4.69, 9.17) is 0 Å². The zero-order valence-corrected chi connectivity index (χ0v) is 16.3. The molecule has 0 saturated carbocycles. The van der Waals surface area contributed by atoms with Crippen molar-refractivity contribution < 1.29 is 22.8 Å². The highest BCUT2D eigenvalue weighted by Crippen LogP contribution is 2.31. The van der Waals surface area contributed by atoms with Gasteiger partial charge in [0.2, 0.25) is 0 Å². The van der Waals surface area contributed by atoms with Crippen LogP contribution in [0.2, 0.25) is 0 Å². The molecule has 2 bridgehead atoms. The summed E-state index contributed by atoms with van der Waals surface area (Å²) < 4.78 is 37.3. The summed E-state index contributed by atoms with van der Waals surface area (Å²) in [6.45, 7) is 3.10. The Bertz CT molecular complexity index is 916. The van der Waals surface area contributed by atoms with E-state index in [-0.39, 0.29) is 17.6 Å². The summed E-state index contributed by atoms with van der Waals surface area (Å²) in [5.41, 5.74) is 0.687. The van der Waals surface area contributed by atoms with Gasteiger partial charge >= 0.3 is 12.1 Å². The molecule has 3 atom stereocenters. The average Bonchev–Trinajstić information content (AvgIpc) is 3.28. The van der Waals surface area contributed by atoms with Crippen molar-refractivity contribution in [3.05, 3.63) is 41.3 Å². The van der Waals surface area contributed by atoms with Gasteiger partial charge in [-0.2, -0.15) is 13.2 Å². The molecule has 1 aromatic carbocycles. The van der Waals surface area contributed by atoms with E-state index in [1.165, 1.54) is 29.9 Å². The zero-order valence-electron chi connectivity index (χ0n) is 15.5. The second-order valence-electron chi connectivity index (χ2n) is 7.52. The minimum Gasteiger partial charge on any atom is -0.347 e. The minimum absolute atomic E-state index is 0.0518. The van der Waals surface area contributed by atoms with Crippen molar-refractivity contribution in [1.29, 1.82) is 0 Å². The molecule has 2 saturated heterocycles. The molecule has 2 N–H and O–H groups in total. The summed E-state index contributed by atoms with van der Waals surface area (Å²) in [6, 6.07) is 9.77. The Labute approximate surface area is 169 Å². The molecule has 0 aliphatic carbocycles. The standard InChI is InChI=1S/C20H20F3N3O2S/c21-20(22,23)19(28)25-14-3-1-2-13(9-14)16-4-5-17(29-16)18(27)24-15-8-12-6-7-26(10-12)11-15/h1-5,9,12,15H,6-8,10-11H2,(H,24,27)(H,25,28)/t12-,15-/m1/s1. The highest BCUT2D eigenvalue weighted by molar-refractivity contribution is 7.17. The SMILES string of the molecule is O=C(N[C@@H]1C[C@H]2CCN(C2)C1)c1ccc(-c2cccc(NC(=O)C(F)(F)F)c2)s1. The first-order chi connectivity index (χ1) is 13.8. The molecule has 5 nitrogen and oxygen atoms in total. The van der Waals surface area contributed by atoms with Crippen LogP contribution >= 0.6 is 11.3 Å². The third-order valence-electron chi connectivity index (χ3n) is 5.29. The van der Waals surface area contributed by atoms with Crippen LogP contribution in [0.15, 0.2) is 36.4 Å². The number of fused-ring (bicyclic) bond motifs is 2. The predicted octanol–water partition coefficient (Wildman–Crippen LogP) is 3.74. The zero-order chi connectivity index (χ0) is 20.6. The number of benzene rings is 1. The van der Waals surface area contributed by atoms with Crippen LogP contribution in [0.1, 0.15) is 22.5 Å². The van der Waals surface area contributed by atoms with Crippen molar-refractivity contribution in [3.63, 3.8) is 0 Å². The number of alkyl halides is 3. The highest BCUT2D eigenvalue weighted by Gasteiger charge is 2.38. The number of nitrogens with one attached hydrogen (secondary N) is 2. The molecule has 2 aliphatic rings. The van der Waals surface area contributed by atoms with E-state index in [9.17, 15) is 22.8 Å². The fourth-order valence-electron chi connectivity index (χ4n) is 3.99. The molecule has 29 heavy (non-hydrogen) atoms. The third-order valence-corrected chi connectivity index (χ3v) is 6.43. The number of thiophene rings is 1. The lowest BCUT2D eigenvalue weighted by Crippen LogP contribution is -2.46. The maximum absolute atomic E-state index is 12.6. The van der Waals surface area contributed by atoms with Gasteiger partial charge in [-0.1, -0.05) is 12.1 Å². The molecule has 9 heteroatoms. The van der Waals surface area contributed by atoms with Gasteiger partial charge in [0.15, 0.2) is 0 Å². The van der Waals surface area contributed by atoms with Gasteiger partial charge in [0.25, 0.3) is 5.91 Å². The van der Waals surface area contributed by atoms with Crippen molar-refractivity contribution in [2.45, 2.75) is 25.1 Å². The normalized spacial score (nSPS) is 23.6. The van der Waals surface area contributed by atoms with Gasteiger partial charge in [0.1, 0.15) is 0 Å². The second-order valence-corrected chi connectivity index (χ2v) is 8.60. The maximum atomic E-state index is 12.6. The van der Waals surface area contributed by atoms with E-state index in [0.717, 1.165) is 30.9 Å². The fourth-order valence-corrected chi connectivity index (χ4v) is 4.89. The molecule has 2 amide bonds. The van der Waals surface area contributed by atoms with Gasteiger partial charge in [-0.05, 0) is 55.1 Å².